The molecule has 1 aromatic carbocycles. The highest BCUT2D eigenvalue weighted by Gasteiger charge is 2.39. The van der Waals surface area contributed by atoms with E-state index in [2.05, 4.69) is 4.99 Å². The first-order valence-electron chi connectivity index (χ1n) is 6.43. The van der Waals surface area contributed by atoms with Gasteiger partial charge < -0.3 is 5.73 Å². The summed E-state index contributed by atoms with van der Waals surface area (Å²) in [7, 11) is -1.85. The highest BCUT2D eigenvalue weighted by molar-refractivity contribution is 7.85. The highest BCUT2D eigenvalue weighted by Crippen LogP contribution is 2.11. The Balaban J connectivity index is 2.42. The molecule has 1 aliphatic rings. The van der Waals surface area contributed by atoms with Crippen LogP contribution >= 0.6 is 0 Å². The number of imide groups is 1. The number of hydrogen-bond acceptors (Lipinski definition) is 6. The molecular weight excluding hydrogens is 340 g/mol. The maximum absolute atomic E-state index is 12.1. The minimum Gasteiger partial charge on any atom is -0.316 e. The molecule has 0 fully saturated rings. The first kappa shape index (κ1) is 17.4. The first-order valence-corrected chi connectivity index (χ1v) is 7.87. The van der Waals surface area contributed by atoms with Crippen molar-refractivity contribution in [3.05, 3.63) is 29.8 Å². The van der Waals surface area contributed by atoms with Gasteiger partial charge in [0.15, 0.2) is 0 Å². The number of nitrogens with two attached hydrogens (primary N) is 1. The fourth-order valence-corrected chi connectivity index (χ4v) is 2.36. The summed E-state index contributed by atoms with van der Waals surface area (Å²) in [6.45, 7) is 0. The predicted octanol–water partition coefficient (Wildman–Crippen LogP) is -0.894. The molecule has 0 spiro atoms. The summed E-state index contributed by atoms with van der Waals surface area (Å²) in [6.07, 6.45) is 0. The van der Waals surface area contributed by atoms with Crippen LogP contribution in [0.15, 0.2) is 34.2 Å². The number of aliphatic imine (C=N–C) groups is 1. The van der Waals surface area contributed by atoms with Crippen LogP contribution in [0, 0.1) is 0 Å². The fraction of sp³-hybridized carbons (Fsp3) is 0.154. The van der Waals surface area contributed by atoms with Crippen LogP contribution in [0.4, 0.5) is 4.79 Å². The van der Waals surface area contributed by atoms with Crippen LogP contribution < -0.4 is 5.73 Å². The molecule has 0 saturated carbocycles. The molecule has 0 saturated heterocycles. The van der Waals surface area contributed by atoms with Gasteiger partial charge in [0.05, 0.1) is 19.0 Å². The zero-order valence-corrected chi connectivity index (χ0v) is 13.4. The summed E-state index contributed by atoms with van der Waals surface area (Å²) in [6, 6.07) is 3.61. The van der Waals surface area contributed by atoms with Gasteiger partial charge in [-0.3, -0.25) is 9.35 Å². The zero-order chi connectivity index (χ0) is 18.2. The van der Waals surface area contributed by atoms with Crippen molar-refractivity contribution in [2.75, 3.05) is 14.1 Å². The minimum atomic E-state index is -4.39. The van der Waals surface area contributed by atoms with Crippen molar-refractivity contribution in [1.29, 1.82) is 0 Å². The molecule has 1 aliphatic heterocycles. The van der Waals surface area contributed by atoms with E-state index in [0.717, 1.165) is 33.7 Å². The average Bonchev–Trinajstić information content (AvgIpc) is 2.54. The highest BCUT2D eigenvalue weighted by atomic mass is 32.2. The van der Waals surface area contributed by atoms with Crippen LogP contribution in [-0.4, -0.2) is 65.9 Å². The quantitative estimate of drug-likeness (QED) is 0.517. The molecule has 1 aromatic rings. The SMILES string of the molecule is CN1C(=O)C(=NC(=O)c2ccc(S(=O)(=O)O)cc2)C(N)=[N+](C)C1=O. The van der Waals surface area contributed by atoms with E-state index in [0.29, 0.717) is 0 Å². The summed E-state index contributed by atoms with van der Waals surface area (Å²) >= 11 is 0. The molecule has 0 bridgehead atoms. The molecule has 10 nitrogen and oxygen atoms in total. The van der Waals surface area contributed by atoms with Gasteiger partial charge in [-0.05, 0) is 24.3 Å². The second-order valence-electron chi connectivity index (χ2n) is 4.86. The lowest BCUT2D eigenvalue weighted by molar-refractivity contribution is -0.401. The van der Waals surface area contributed by atoms with Crippen LogP contribution in [-0.2, 0) is 14.9 Å². The lowest BCUT2D eigenvalue weighted by Crippen LogP contribution is -2.55. The molecule has 11 heteroatoms. The second-order valence-corrected chi connectivity index (χ2v) is 6.28. The number of amidine groups is 1. The Labute approximate surface area is 136 Å². The van der Waals surface area contributed by atoms with Crippen molar-refractivity contribution in [1.82, 2.24) is 4.90 Å². The maximum atomic E-state index is 12.1. The molecule has 4 amide bonds. The molecule has 126 valence electrons. The van der Waals surface area contributed by atoms with Gasteiger partial charge in [-0.2, -0.15) is 22.9 Å². The molecule has 3 N–H and O–H groups in total. The normalized spacial score (nSPS) is 17.6. The van der Waals surface area contributed by atoms with E-state index < -0.39 is 38.6 Å². The number of hydrogen-bond donors (Lipinski definition) is 2. The molecule has 0 unspecified atom stereocenters. The summed E-state index contributed by atoms with van der Waals surface area (Å²) in [4.78, 5) is 39.8. The molecule has 24 heavy (non-hydrogen) atoms. The lowest BCUT2D eigenvalue weighted by atomic mass is 10.2. The molecule has 2 rings (SSSR count). The van der Waals surface area contributed by atoms with Crippen molar-refractivity contribution in [3.8, 4) is 0 Å². The largest absolute Gasteiger partial charge is 0.445 e. The van der Waals surface area contributed by atoms with E-state index in [4.69, 9.17) is 10.3 Å². The van der Waals surface area contributed by atoms with Gasteiger partial charge in [0.1, 0.15) is 0 Å². The van der Waals surface area contributed by atoms with E-state index in [9.17, 15) is 22.8 Å². The third-order valence-electron chi connectivity index (χ3n) is 3.30. The molecule has 0 aromatic heterocycles. The minimum absolute atomic E-state index is 0.0299. The monoisotopic (exact) mass is 353 g/mol. The van der Waals surface area contributed by atoms with Crippen molar-refractivity contribution >= 4 is 39.5 Å². The molecule has 0 aliphatic carbocycles. The van der Waals surface area contributed by atoms with Crippen LogP contribution in [0.5, 0.6) is 0 Å². The van der Waals surface area contributed by atoms with Gasteiger partial charge in [0, 0.05) is 5.56 Å². The smallest absolute Gasteiger partial charge is 0.316 e. The van der Waals surface area contributed by atoms with Crippen LogP contribution in [0.1, 0.15) is 10.4 Å². The first-order chi connectivity index (χ1) is 11.0. The van der Waals surface area contributed by atoms with E-state index in [1.807, 2.05) is 0 Å². The van der Waals surface area contributed by atoms with Crippen molar-refractivity contribution < 1.29 is 31.9 Å². The van der Waals surface area contributed by atoms with E-state index in [1.54, 1.807) is 0 Å². The van der Waals surface area contributed by atoms with E-state index >= 15 is 0 Å². The Kier molecular flexibility index (Phi) is 4.32. The summed E-state index contributed by atoms with van der Waals surface area (Å²) in [5, 5.41) is 0. The molecule has 0 radical (unpaired) electrons. The predicted molar refractivity (Wildman–Crippen MR) is 81.6 cm³/mol. The number of carbonyl (C=O) groups is 3. The van der Waals surface area contributed by atoms with E-state index in [1.165, 1.54) is 14.1 Å². The summed E-state index contributed by atoms with van der Waals surface area (Å²) in [5.41, 5.74) is 5.22. The van der Waals surface area contributed by atoms with Gasteiger partial charge in [0.25, 0.3) is 21.9 Å². The lowest BCUT2D eigenvalue weighted by Gasteiger charge is -2.17. The van der Waals surface area contributed by atoms with Gasteiger partial charge in [0.2, 0.25) is 5.71 Å². The van der Waals surface area contributed by atoms with Crippen LogP contribution in [0.2, 0.25) is 0 Å². The maximum Gasteiger partial charge on any atom is 0.445 e. The third-order valence-corrected chi connectivity index (χ3v) is 4.17. The van der Waals surface area contributed by atoms with Gasteiger partial charge in [-0.15, -0.1) is 0 Å². The number of benzene rings is 1. The topological polar surface area (TPSA) is 150 Å². The Hall–Kier alpha value is -2.92. The third kappa shape index (κ3) is 3.07. The number of rotatable bonds is 2. The number of urea groups is 1. The van der Waals surface area contributed by atoms with E-state index in [-0.39, 0.29) is 11.4 Å². The number of nitrogens with zero attached hydrogens (tertiary/aromatic N) is 3. The average molecular weight is 353 g/mol. The van der Waals surface area contributed by atoms with Crippen molar-refractivity contribution in [2.45, 2.75) is 4.90 Å². The zero-order valence-electron chi connectivity index (χ0n) is 12.6. The van der Waals surface area contributed by atoms with Gasteiger partial charge in [-0.1, -0.05) is 0 Å². The Morgan fingerprint density at radius 2 is 1.79 bits per heavy atom. The van der Waals surface area contributed by atoms with Gasteiger partial charge >= 0.3 is 11.9 Å². The summed E-state index contributed by atoms with van der Waals surface area (Å²) < 4.78 is 31.8. The Morgan fingerprint density at radius 1 is 1.25 bits per heavy atom. The Morgan fingerprint density at radius 3 is 2.29 bits per heavy atom. The number of amides is 4. The van der Waals surface area contributed by atoms with Crippen molar-refractivity contribution in [2.24, 2.45) is 10.7 Å². The van der Waals surface area contributed by atoms with Crippen LogP contribution in [0.3, 0.4) is 0 Å². The van der Waals surface area contributed by atoms with Crippen LogP contribution in [0.25, 0.3) is 0 Å². The fourth-order valence-electron chi connectivity index (χ4n) is 1.88. The second kappa shape index (κ2) is 5.94. The van der Waals surface area contributed by atoms with Crippen molar-refractivity contribution in [3.63, 3.8) is 0 Å². The Bertz CT molecular complexity index is 914. The molecular formula is C13H13N4O6S+. The number of carbonyl (C=O) groups excluding carboxylic acids is 3. The molecule has 1 heterocycles. The standard InChI is InChI=1S/C13H12N4O6S/c1-16-10(14)9(12(19)17(2)13(16)20)15-11(18)7-3-5-8(6-4-7)24(21,22)23/h3-6,14H,1-2H3,(H,21,22,23)/p+1. The summed E-state index contributed by atoms with van der Waals surface area (Å²) in [5.74, 6) is -1.97. The molecule has 0 atom stereocenters. The van der Waals surface area contributed by atoms with Gasteiger partial charge in [-0.25, -0.2) is 9.59 Å².